The van der Waals surface area contributed by atoms with Crippen molar-refractivity contribution in [3.8, 4) is 0 Å². The van der Waals surface area contributed by atoms with Gasteiger partial charge in [0.15, 0.2) is 0 Å². The summed E-state index contributed by atoms with van der Waals surface area (Å²) >= 11 is -0.273. The molecule has 0 radical (unpaired) electrons. The van der Waals surface area contributed by atoms with Crippen LogP contribution in [0, 0.1) is 0 Å². The predicted molar refractivity (Wildman–Crippen MR) is 84.8 cm³/mol. The van der Waals surface area contributed by atoms with Crippen LogP contribution < -0.4 is 3.61 Å². The molecule has 0 atom stereocenters. The van der Waals surface area contributed by atoms with E-state index < -0.39 is 0 Å². The van der Waals surface area contributed by atoms with Gasteiger partial charge in [0.2, 0.25) is 0 Å². The van der Waals surface area contributed by atoms with Gasteiger partial charge in [-0.05, 0) is 0 Å². The summed E-state index contributed by atoms with van der Waals surface area (Å²) in [5.74, 6) is 0. The molecule has 0 fully saturated rings. The van der Waals surface area contributed by atoms with Gasteiger partial charge in [-0.15, -0.1) is 0 Å². The van der Waals surface area contributed by atoms with E-state index >= 15 is 0 Å². The molecular weight excluding hydrogens is 344 g/mol. The molecule has 0 saturated heterocycles. The zero-order valence-corrected chi connectivity index (χ0v) is 12.8. The summed E-state index contributed by atoms with van der Waals surface area (Å²) in [5, 5.41) is 2.75. The van der Waals surface area contributed by atoms with Gasteiger partial charge in [-0.3, -0.25) is 0 Å². The molecule has 19 heavy (non-hydrogen) atoms. The summed E-state index contributed by atoms with van der Waals surface area (Å²) in [4.78, 5) is 0. The van der Waals surface area contributed by atoms with E-state index in [9.17, 15) is 0 Å². The molecule has 0 aromatic heterocycles. The Labute approximate surface area is 123 Å². The van der Waals surface area contributed by atoms with Crippen LogP contribution in [0.3, 0.4) is 0 Å². The Morgan fingerprint density at radius 3 is 2.32 bits per heavy atom. The number of hydrogen-bond donors (Lipinski definition) is 0. The fourth-order valence-corrected chi connectivity index (χ4v) is 4.45. The van der Waals surface area contributed by atoms with Crippen LogP contribution in [0.4, 0.5) is 0 Å². The van der Waals surface area contributed by atoms with E-state index in [4.69, 9.17) is 0 Å². The average Bonchev–Trinajstić information content (AvgIpc) is 2.49. The molecule has 0 aliphatic heterocycles. The molecule has 3 aromatic carbocycles. The molecule has 0 aliphatic carbocycles. The van der Waals surface area contributed by atoms with Crippen LogP contribution in [0.15, 0.2) is 76.9 Å². The van der Waals surface area contributed by atoms with E-state index in [1.165, 1.54) is 19.9 Å². The summed E-state index contributed by atoms with van der Waals surface area (Å²) < 4.78 is 3.87. The first-order valence-electron chi connectivity index (χ1n) is 6.29. The molecular formula is C18H14Te. The van der Waals surface area contributed by atoms with Gasteiger partial charge >= 0.3 is 124 Å². The van der Waals surface area contributed by atoms with E-state index in [1.54, 1.807) is 0 Å². The third-order valence-electron chi connectivity index (χ3n) is 3.00. The second-order valence-electron chi connectivity index (χ2n) is 4.31. The summed E-state index contributed by atoms with van der Waals surface area (Å²) in [7, 11) is 0. The number of benzene rings is 3. The molecule has 3 rings (SSSR count). The molecule has 0 aliphatic rings. The van der Waals surface area contributed by atoms with E-state index in [0.717, 1.165) is 0 Å². The molecule has 1 heteroatoms. The summed E-state index contributed by atoms with van der Waals surface area (Å²) in [6, 6.07) is 25.8. The van der Waals surface area contributed by atoms with Gasteiger partial charge in [-0.25, -0.2) is 0 Å². The summed E-state index contributed by atoms with van der Waals surface area (Å²) in [5.41, 5.74) is 1.29. The van der Waals surface area contributed by atoms with Crippen molar-refractivity contribution in [3.63, 3.8) is 0 Å². The molecule has 0 N–H and O–H groups in total. The average molecular weight is 358 g/mol. The van der Waals surface area contributed by atoms with Gasteiger partial charge in [-0.1, -0.05) is 0 Å². The van der Waals surface area contributed by atoms with E-state index in [2.05, 4.69) is 83.0 Å². The van der Waals surface area contributed by atoms with Gasteiger partial charge in [0.05, 0.1) is 0 Å². The Morgan fingerprint density at radius 1 is 0.684 bits per heavy atom. The Kier molecular flexibility index (Phi) is 3.98. The first kappa shape index (κ1) is 12.5. The predicted octanol–water partition coefficient (Wildman–Crippen LogP) is 3.84. The van der Waals surface area contributed by atoms with Crippen LogP contribution in [-0.2, 0) is 0 Å². The van der Waals surface area contributed by atoms with Gasteiger partial charge in [0.1, 0.15) is 0 Å². The van der Waals surface area contributed by atoms with Crippen molar-refractivity contribution in [3.05, 3.63) is 82.5 Å². The minimum absolute atomic E-state index is 0.273. The second-order valence-corrected chi connectivity index (χ2v) is 7.01. The standard InChI is InChI=1S/C18H14Te/c1-2-7-15(8-3-1)13-14-19-18-12-6-10-16-9-4-5-11-17(16)18/h1-14H/b14-13-. The van der Waals surface area contributed by atoms with Crippen LogP contribution in [0.5, 0.6) is 0 Å². The van der Waals surface area contributed by atoms with Crippen molar-refractivity contribution >= 4 is 41.4 Å². The normalized spacial score (nSPS) is 11.2. The second kappa shape index (κ2) is 6.06. The number of rotatable bonds is 3. The molecule has 0 amide bonds. The third-order valence-corrected chi connectivity index (χ3v) is 5.52. The quantitative estimate of drug-likeness (QED) is 0.625. The summed E-state index contributed by atoms with van der Waals surface area (Å²) in [6.07, 6.45) is 2.24. The zero-order valence-electron chi connectivity index (χ0n) is 10.5. The first-order valence-corrected chi connectivity index (χ1v) is 8.80. The topological polar surface area (TPSA) is 0 Å². The fraction of sp³-hybridized carbons (Fsp3) is 0. The van der Waals surface area contributed by atoms with Crippen molar-refractivity contribution in [2.45, 2.75) is 0 Å². The monoisotopic (exact) mass is 360 g/mol. The van der Waals surface area contributed by atoms with Crippen molar-refractivity contribution in [1.29, 1.82) is 0 Å². The molecule has 0 saturated carbocycles. The molecule has 0 bridgehead atoms. The van der Waals surface area contributed by atoms with Gasteiger partial charge in [0.25, 0.3) is 0 Å². The van der Waals surface area contributed by atoms with Gasteiger partial charge in [0, 0.05) is 0 Å². The molecule has 0 spiro atoms. The minimum atomic E-state index is -0.273. The first-order chi connectivity index (χ1) is 9.43. The number of hydrogen-bond acceptors (Lipinski definition) is 0. The maximum atomic E-state index is 2.36. The number of fused-ring (bicyclic) bond motifs is 1. The Balaban J connectivity index is 1.84. The van der Waals surface area contributed by atoms with Crippen molar-refractivity contribution < 1.29 is 0 Å². The zero-order chi connectivity index (χ0) is 12.9. The van der Waals surface area contributed by atoms with Gasteiger partial charge < -0.3 is 0 Å². The molecule has 0 unspecified atom stereocenters. The third kappa shape index (κ3) is 3.07. The van der Waals surface area contributed by atoms with Crippen LogP contribution in [-0.4, -0.2) is 20.9 Å². The molecule has 3 aromatic rings. The van der Waals surface area contributed by atoms with Gasteiger partial charge in [-0.2, -0.15) is 0 Å². The van der Waals surface area contributed by atoms with Crippen molar-refractivity contribution in [2.24, 2.45) is 0 Å². The maximum absolute atomic E-state index is 2.36. The fourth-order valence-electron chi connectivity index (χ4n) is 2.05. The van der Waals surface area contributed by atoms with Crippen molar-refractivity contribution in [1.82, 2.24) is 0 Å². The van der Waals surface area contributed by atoms with Crippen molar-refractivity contribution in [2.75, 3.05) is 0 Å². The molecule has 0 heterocycles. The Bertz CT molecular complexity index is 694. The van der Waals surface area contributed by atoms with E-state index in [1.807, 2.05) is 0 Å². The Hall–Kier alpha value is -1.55. The van der Waals surface area contributed by atoms with Crippen LogP contribution in [0.25, 0.3) is 16.8 Å². The van der Waals surface area contributed by atoms with Crippen LogP contribution in [0.1, 0.15) is 5.56 Å². The SMILES string of the molecule is C(=C/c1ccccc1)/[Te]c1cccc2ccccc12. The van der Waals surface area contributed by atoms with E-state index in [0.29, 0.717) is 0 Å². The Morgan fingerprint density at radius 2 is 1.42 bits per heavy atom. The molecule has 92 valence electrons. The van der Waals surface area contributed by atoms with Crippen LogP contribution >= 0.6 is 0 Å². The van der Waals surface area contributed by atoms with E-state index in [-0.39, 0.29) is 20.9 Å². The summed E-state index contributed by atoms with van der Waals surface area (Å²) in [6.45, 7) is 0. The molecule has 0 nitrogen and oxygen atoms in total. The van der Waals surface area contributed by atoms with Crippen LogP contribution in [0.2, 0.25) is 0 Å².